The molecule has 1 saturated carbocycles. The van der Waals surface area contributed by atoms with Gasteiger partial charge in [0.2, 0.25) is 11.8 Å². The molecule has 94 valence electrons. The molecule has 5 nitrogen and oxygen atoms in total. The summed E-state index contributed by atoms with van der Waals surface area (Å²) in [4.78, 5) is 36.0. The van der Waals surface area contributed by atoms with Crippen molar-refractivity contribution in [2.45, 2.75) is 38.6 Å². The average Bonchev–Trinajstić information content (AvgIpc) is 2.67. The van der Waals surface area contributed by atoms with Crippen LogP contribution in [0.2, 0.25) is 0 Å². The highest BCUT2D eigenvalue weighted by atomic mass is 16.2. The van der Waals surface area contributed by atoms with Crippen LogP contribution in [0, 0.1) is 5.92 Å². The lowest BCUT2D eigenvalue weighted by atomic mass is 10.0. The zero-order chi connectivity index (χ0) is 12.4. The summed E-state index contributed by atoms with van der Waals surface area (Å²) in [6.07, 6.45) is 3.41. The second-order valence-electron chi connectivity index (χ2n) is 4.90. The Balaban J connectivity index is 1.87. The second kappa shape index (κ2) is 4.96. The topological polar surface area (TPSA) is 66.5 Å². The molecule has 0 aromatic carbocycles. The Morgan fingerprint density at radius 1 is 1.35 bits per heavy atom. The summed E-state index contributed by atoms with van der Waals surface area (Å²) in [5.41, 5.74) is 0. The van der Waals surface area contributed by atoms with Gasteiger partial charge in [-0.1, -0.05) is 0 Å². The lowest BCUT2D eigenvalue weighted by Gasteiger charge is -2.32. The van der Waals surface area contributed by atoms with Crippen molar-refractivity contribution in [2.24, 2.45) is 5.92 Å². The molecule has 1 heterocycles. The predicted octanol–water partition coefficient (Wildman–Crippen LogP) is 0.0926. The molecule has 2 rings (SSSR count). The van der Waals surface area contributed by atoms with E-state index in [4.69, 9.17) is 0 Å². The molecule has 0 radical (unpaired) electrons. The molecule has 2 atom stereocenters. The van der Waals surface area contributed by atoms with Gasteiger partial charge in [0.25, 0.3) is 0 Å². The van der Waals surface area contributed by atoms with Crippen molar-refractivity contribution in [2.75, 3.05) is 13.1 Å². The number of piperazine rings is 1. The maximum atomic E-state index is 11.5. The fourth-order valence-electron chi connectivity index (χ4n) is 2.56. The van der Waals surface area contributed by atoms with E-state index in [1.54, 1.807) is 6.92 Å². The normalized spacial score (nSPS) is 30.8. The Labute approximate surface area is 101 Å². The maximum Gasteiger partial charge on any atom is 0.243 e. The van der Waals surface area contributed by atoms with E-state index in [0.29, 0.717) is 18.7 Å². The molecule has 1 aliphatic carbocycles. The molecular weight excluding hydrogens is 220 g/mol. The van der Waals surface area contributed by atoms with Crippen LogP contribution in [0.3, 0.4) is 0 Å². The number of carbonyl (C=O) groups is 3. The number of imide groups is 1. The zero-order valence-electron chi connectivity index (χ0n) is 10.1. The molecule has 2 fully saturated rings. The largest absolute Gasteiger partial charge is 0.299 e. The minimum absolute atomic E-state index is 0.141. The number of amides is 2. The van der Waals surface area contributed by atoms with Gasteiger partial charge in [-0.2, -0.15) is 0 Å². The lowest BCUT2D eigenvalue weighted by molar-refractivity contribution is -0.139. The number of Topliss-reactive ketones (excluding diaryl/α,β-unsaturated/α-hetero) is 1. The maximum absolute atomic E-state index is 11.5. The first kappa shape index (κ1) is 12.2. The van der Waals surface area contributed by atoms with Crippen molar-refractivity contribution in [1.29, 1.82) is 0 Å². The number of nitrogens with zero attached hydrogens (tertiary/aromatic N) is 1. The molecule has 2 amide bonds. The van der Waals surface area contributed by atoms with Gasteiger partial charge in [-0.3, -0.25) is 24.6 Å². The third kappa shape index (κ3) is 2.72. The molecule has 0 bridgehead atoms. The third-order valence-electron chi connectivity index (χ3n) is 3.73. The van der Waals surface area contributed by atoms with E-state index in [-0.39, 0.29) is 30.3 Å². The van der Waals surface area contributed by atoms with Crippen LogP contribution in [0.25, 0.3) is 0 Å². The fraction of sp³-hybridized carbons (Fsp3) is 0.750. The van der Waals surface area contributed by atoms with Crippen molar-refractivity contribution in [3.05, 3.63) is 0 Å². The minimum Gasteiger partial charge on any atom is -0.299 e. The Bertz CT molecular complexity index is 354. The smallest absolute Gasteiger partial charge is 0.243 e. The van der Waals surface area contributed by atoms with Gasteiger partial charge in [0.1, 0.15) is 5.78 Å². The Kier molecular flexibility index (Phi) is 3.57. The van der Waals surface area contributed by atoms with Crippen molar-refractivity contribution >= 4 is 17.6 Å². The first-order valence-electron chi connectivity index (χ1n) is 6.18. The van der Waals surface area contributed by atoms with E-state index >= 15 is 0 Å². The van der Waals surface area contributed by atoms with Crippen molar-refractivity contribution < 1.29 is 14.4 Å². The number of rotatable bonds is 3. The lowest BCUT2D eigenvalue weighted by Crippen LogP contribution is -2.57. The van der Waals surface area contributed by atoms with Crippen LogP contribution in [0.4, 0.5) is 0 Å². The number of ketones is 1. The molecule has 2 unspecified atom stereocenters. The molecule has 0 spiro atoms. The van der Waals surface area contributed by atoms with E-state index in [9.17, 15) is 14.4 Å². The van der Waals surface area contributed by atoms with E-state index in [0.717, 1.165) is 19.3 Å². The Hall–Kier alpha value is -1.23. The number of hydrogen-bond acceptors (Lipinski definition) is 4. The van der Waals surface area contributed by atoms with Gasteiger partial charge < -0.3 is 0 Å². The van der Waals surface area contributed by atoms with Crippen molar-refractivity contribution in [3.8, 4) is 0 Å². The summed E-state index contributed by atoms with van der Waals surface area (Å²) in [5.74, 6) is -0.00224. The molecular formula is C12H18N2O3. The number of carbonyl (C=O) groups excluding carboxylic acids is 3. The Morgan fingerprint density at radius 3 is 2.76 bits per heavy atom. The highest BCUT2D eigenvalue weighted by Gasteiger charge is 2.31. The molecule has 17 heavy (non-hydrogen) atoms. The minimum atomic E-state index is -0.274. The molecule has 0 aromatic heterocycles. The van der Waals surface area contributed by atoms with Gasteiger partial charge in [-0.15, -0.1) is 0 Å². The molecule has 1 N–H and O–H groups in total. The second-order valence-corrected chi connectivity index (χ2v) is 4.90. The van der Waals surface area contributed by atoms with Gasteiger partial charge in [-0.25, -0.2) is 0 Å². The quantitative estimate of drug-likeness (QED) is 0.708. The van der Waals surface area contributed by atoms with Gasteiger partial charge in [-0.05, 0) is 26.2 Å². The van der Waals surface area contributed by atoms with Crippen molar-refractivity contribution in [1.82, 2.24) is 10.2 Å². The summed E-state index contributed by atoms with van der Waals surface area (Å²) in [7, 11) is 0. The van der Waals surface area contributed by atoms with Gasteiger partial charge in [0.05, 0.1) is 12.6 Å². The van der Waals surface area contributed by atoms with Crippen LogP contribution in [-0.4, -0.2) is 41.6 Å². The standard InChI is InChI=1S/C12H18N2O3/c1-8-12(17)13-11(16)7-14(8)6-5-9-3-2-4-10(9)15/h8-9H,2-7H2,1H3,(H,13,16,17). The average molecular weight is 238 g/mol. The van der Waals surface area contributed by atoms with Crippen molar-refractivity contribution in [3.63, 3.8) is 0 Å². The third-order valence-corrected chi connectivity index (χ3v) is 3.73. The summed E-state index contributed by atoms with van der Waals surface area (Å²) in [6, 6.07) is -0.274. The molecule has 1 aliphatic heterocycles. The monoisotopic (exact) mass is 238 g/mol. The first-order chi connectivity index (χ1) is 8.08. The van der Waals surface area contributed by atoms with Gasteiger partial charge in [0, 0.05) is 18.9 Å². The zero-order valence-corrected chi connectivity index (χ0v) is 10.1. The Morgan fingerprint density at radius 2 is 2.12 bits per heavy atom. The van der Waals surface area contributed by atoms with Crippen LogP contribution < -0.4 is 5.32 Å². The van der Waals surface area contributed by atoms with E-state index < -0.39 is 0 Å². The molecule has 0 aromatic rings. The summed E-state index contributed by atoms with van der Waals surface area (Å²) in [6.45, 7) is 2.70. The summed E-state index contributed by atoms with van der Waals surface area (Å²) < 4.78 is 0. The molecule has 1 saturated heterocycles. The van der Waals surface area contributed by atoms with Gasteiger partial charge in [0.15, 0.2) is 0 Å². The van der Waals surface area contributed by atoms with Crippen LogP contribution in [-0.2, 0) is 14.4 Å². The summed E-state index contributed by atoms with van der Waals surface area (Å²) >= 11 is 0. The highest BCUT2D eigenvalue weighted by molar-refractivity contribution is 6.00. The van der Waals surface area contributed by atoms with Gasteiger partial charge >= 0.3 is 0 Å². The number of hydrogen-bond donors (Lipinski definition) is 1. The van der Waals surface area contributed by atoms with Crippen LogP contribution >= 0.6 is 0 Å². The van der Waals surface area contributed by atoms with E-state index in [1.165, 1.54) is 0 Å². The SMILES string of the molecule is CC1C(=O)NC(=O)CN1CCC1CCCC1=O. The molecule has 5 heteroatoms. The first-order valence-corrected chi connectivity index (χ1v) is 6.18. The molecule has 2 aliphatic rings. The summed E-state index contributed by atoms with van der Waals surface area (Å²) in [5, 5.41) is 2.31. The fourth-order valence-corrected chi connectivity index (χ4v) is 2.56. The van der Waals surface area contributed by atoms with Crippen LogP contribution in [0.1, 0.15) is 32.6 Å². The highest BCUT2D eigenvalue weighted by Crippen LogP contribution is 2.24. The van der Waals surface area contributed by atoms with E-state index in [1.807, 2.05) is 4.90 Å². The van der Waals surface area contributed by atoms with E-state index in [2.05, 4.69) is 5.32 Å². The number of nitrogens with one attached hydrogen (secondary N) is 1. The predicted molar refractivity (Wildman–Crippen MR) is 61.1 cm³/mol. The van der Waals surface area contributed by atoms with Crippen LogP contribution in [0.15, 0.2) is 0 Å². The van der Waals surface area contributed by atoms with Crippen LogP contribution in [0.5, 0.6) is 0 Å².